The van der Waals surface area contributed by atoms with Gasteiger partial charge in [-0.05, 0) is 36.4 Å². The predicted octanol–water partition coefficient (Wildman–Crippen LogP) is 8.30. The first kappa shape index (κ1) is 20.3. The van der Waals surface area contributed by atoms with Crippen LogP contribution in [0.1, 0.15) is 13.8 Å². The monoisotopic (exact) mass is 439 g/mol. The van der Waals surface area contributed by atoms with Crippen LogP contribution < -0.4 is 0 Å². The third-order valence-electron chi connectivity index (χ3n) is 6.34. The number of para-hydroxylation sites is 4. The minimum absolute atomic E-state index is 1.02. The Labute approximate surface area is 198 Å². The number of pyridine rings is 1. The Kier molecular flexibility index (Phi) is 4.88. The molecule has 0 unspecified atom stereocenters. The molecule has 0 spiro atoms. The van der Waals surface area contributed by atoms with E-state index in [1.54, 1.807) is 0 Å². The van der Waals surface area contributed by atoms with E-state index in [9.17, 15) is 0 Å². The molecule has 4 aromatic carbocycles. The van der Waals surface area contributed by atoms with Gasteiger partial charge in [-0.1, -0.05) is 86.6 Å². The van der Waals surface area contributed by atoms with E-state index in [0.717, 1.165) is 33.2 Å². The molecular weight excluding hydrogens is 414 g/mol. The highest BCUT2D eigenvalue weighted by atomic mass is 15.1. The summed E-state index contributed by atoms with van der Waals surface area (Å²) in [6, 6.07) is 38.4. The molecule has 0 fully saturated rings. The van der Waals surface area contributed by atoms with Crippen molar-refractivity contribution in [3.63, 3.8) is 0 Å². The lowest BCUT2D eigenvalue weighted by Gasteiger charge is -2.12. The highest BCUT2D eigenvalue weighted by Crippen LogP contribution is 2.40. The number of nitrogens with zero attached hydrogens (tertiary/aromatic N) is 3. The Morgan fingerprint density at radius 1 is 0.471 bits per heavy atom. The van der Waals surface area contributed by atoms with E-state index in [-0.39, 0.29) is 0 Å². The number of rotatable bonds is 2. The summed E-state index contributed by atoms with van der Waals surface area (Å²) < 4.78 is 4.74. The van der Waals surface area contributed by atoms with E-state index in [4.69, 9.17) is 4.98 Å². The highest BCUT2D eigenvalue weighted by molar-refractivity contribution is 6.22. The lowest BCUT2D eigenvalue weighted by molar-refractivity contribution is 1.15. The van der Waals surface area contributed by atoms with Gasteiger partial charge in [-0.2, -0.15) is 0 Å². The topological polar surface area (TPSA) is 22.8 Å². The van der Waals surface area contributed by atoms with Gasteiger partial charge in [0.25, 0.3) is 0 Å². The Balaban J connectivity index is 0.00000106. The molecule has 0 radical (unpaired) electrons. The summed E-state index contributed by atoms with van der Waals surface area (Å²) in [5, 5.41) is 3.54. The van der Waals surface area contributed by atoms with E-state index in [0.29, 0.717) is 0 Å². The molecule has 7 aromatic rings. The fourth-order valence-electron chi connectivity index (χ4n) is 5.02. The molecular formula is C31H25N3. The minimum Gasteiger partial charge on any atom is -0.307 e. The standard InChI is InChI=1S/C29H19N3.C2H6/c1-3-11-20(12-4-1)31-25-17-9-7-15-22(25)24-19-30-27-23-16-8-10-18-26(23)32(29(27)28(24)31)21-13-5-2-6-14-21;1-2/h1-19H;1-2H3. The van der Waals surface area contributed by atoms with Gasteiger partial charge >= 0.3 is 0 Å². The lowest BCUT2D eigenvalue weighted by Crippen LogP contribution is -1.98. The van der Waals surface area contributed by atoms with E-state index in [1.165, 1.54) is 21.9 Å². The van der Waals surface area contributed by atoms with Crippen LogP contribution in [0.2, 0.25) is 0 Å². The number of aromatic nitrogens is 3. The third-order valence-corrected chi connectivity index (χ3v) is 6.34. The van der Waals surface area contributed by atoms with E-state index < -0.39 is 0 Å². The fraction of sp³-hybridized carbons (Fsp3) is 0.0645. The van der Waals surface area contributed by atoms with Crippen molar-refractivity contribution in [1.29, 1.82) is 0 Å². The summed E-state index contributed by atoms with van der Waals surface area (Å²) in [6.07, 6.45) is 2.04. The Hall–Kier alpha value is -4.37. The van der Waals surface area contributed by atoms with Crippen molar-refractivity contribution in [3.05, 3.63) is 115 Å². The van der Waals surface area contributed by atoms with Gasteiger partial charge in [0.15, 0.2) is 0 Å². The third kappa shape index (κ3) is 2.87. The smallest absolute Gasteiger partial charge is 0.0985 e. The molecule has 7 rings (SSSR count). The van der Waals surface area contributed by atoms with Crippen molar-refractivity contribution in [2.45, 2.75) is 13.8 Å². The van der Waals surface area contributed by atoms with Crippen molar-refractivity contribution in [3.8, 4) is 11.4 Å². The van der Waals surface area contributed by atoms with Crippen molar-refractivity contribution in [1.82, 2.24) is 14.1 Å². The van der Waals surface area contributed by atoms with Crippen LogP contribution in [0.4, 0.5) is 0 Å². The summed E-state index contributed by atoms with van der Waals surface area (Å²) in [7, 11) is 0. The highest BCUT2D eigenvalue weighted by Gasteiger charge is 2.21. The van der Waals surface area contributed by atoms with Crippen LogP contribution in [0.25, 0.3) is 55.1 Å². The molecule has 0 aliphatic rings. The van der Waals surface area contributed by atoms with E-state index >= 15 is 0 Å². The van der Waals surface area contributed by atoms with Gasteiger partial charge in [0.05, 0.1) is 27.6 Å². The fourth-order valence-corrected chi connectivity index (χ4v) is 5.02. The van der Waals surface area contributed by atoms with E-state index in [1.807, 2.05) is 20.0 Å². The summed E-state index contributed by atoms with van der Waals surface area (Å²) in [4.78, 5) is 5.01. The largest absolute Gasteiger partial charge is 0.307 e. The van der Waals surface area contributed by atoms with E-state index in [2.05, 4.69) is 118 Å². The molecule has 3 heteroatoms. The van der Waals surface area contributed by atoms with Crippen LogP contribution in [0.15, 0.2) is 115 Å². The molecule has 0 aliphatic carbocycles. The molecule has 0 atom stereocenters. The van der Waals surface area contributed by atoms with Crippen LogP contribution >= 0.6 is 0 Å². The van der Waals surface area contributed by atoms with Crippen molar-refractivity contribution in [2.24, 2.45) is 0 Å². The van der Waals surface area contributed by atoms with Crippen molar-refractivity contribution in [2.75, 3.05) is 0 Å². The molecule has 0 saturated heterocycles. The molecule has 164 valence electrons. The maximum Gasteiger partial charge on any atom is 0.0985 e. The second kappa shape index (κ2) is 8.20. The quantitative estimate of drug-likeness (QED) is 0.266. The second-order valence-corrected chi connectivity index (χ2v) is 8.09. The van der Waals surface area contributed by atoms with Gasteiger partial charge < -0.3 is 9.13 Å². The molecule has 0 saturated carbocycles. The van der Waals surface area contributed by atoms with Crippen molar-refractivity contribution >= 4 is 43.7 Å². The number of benzene rings is 4. The Morgan fingerprint density at radius 2 is 0.941 bits per heavy atom. The van der Waals surface area contributed by atoms with Crippen LogP contribution in [0.5, 0.6) is 0 Å². The SMILES string of the molecule is CC.c1ccc(-n2c3ccccc3c3cnc4c5ccccc5n(-c5ccccc5)c4c32)cc1. The van der Waals surface area contributed by atoms with Gasteiger partial charge in [0, 0.05) is 33.7 Å². The zero-order valence-corrected chi connectivity index (χ0v) is 19.3. The molecule has 0 N–H and O–H groups in total. The van der Waals surface area contributed by atoms with Crippen LogP contribution in [-0.2, 0) is 0 Å². The maximum absolute atomic E-state index is 5.01. The summed E-state index contributed by atoms with van der Waals surface area (Å²) in [5.41, 5.74) is 7.98. The number of hydrogen-bond acceptors (Lipinski definition) is 1. The number of fused-ring (bicyclic) bond motifs is 7. The second-order valence-electron chi connectivity index (χ2n) is 8.09. The minimum atomic E-state index is 1.02. The summed E-state index contributed by atoms with van der Waals surface area (Å²) >= 11 is 0. The average molecular weight is 440 g/mol. The van der Waals surface area contributed by atoms with Crippen molar-refractivity contribution < 1.29 is 0 Å². The zero-order chi connectivity index (χ0) is 23.1. The molecule has 3 nitrogen and oxygen atoms in total. The van der Waals surface area contributed by atoms with Crippen LogP contribution in [0, 0.1) is 0 Å². The van der Waals surface area contributed by atoms with Gasteiger partial charge in [0.2, 0.25) is 0 Å². The van der Waals surface area contributed by atoms with Gasteiger partial charge in [-0.3, -0.25) is 4.98 Å². The molecule has 34 heavy (non-hydrogen) atoms. The Morgan fingerprint density at radius 3 is 1.56 bits per heavy atom. The first-order valence-electron chi connectivity index (χ1n) is 11.8. The molecule has 0 aliphatic heterocycles. The first-order valence-corrected chi connectivity index (χ1v) is 11.8. The number of hydrogen-bond donors (Lipinski definition) is 0. The first-order chi connectivity index (χ1) is 16.9. The summed E-state index contributed by atoms with van der Waals surface area (Å²) in [5.74, 6) is 0. The molecule has 3 heterocycles. The van der Waals surface area contributed by atoms with Crippen LogP contribution in [-0.4, -0.2) is 14.1 Å². The Bertz CT molecular complexity index is 1620. The van der Waals surface area contributed by atoms with Gasteiger partial charge in [-0.15, -0.1) is 0 Å². The lowest BCUT2D eigenvalue weighted by atomic mass is 10.2. The normalized spacial score (nSPS) is 11.2. The zero-order valence-electron chi connectivity index (χ0n) is 19.3. The van der Waals surface area contributed by atoms with Gasteiger partial charge in [-0.25, -0.2) is 0 Å². The summed E-state index contributed by atoms with van der Waals surface area (Å²) in [6.45, 7) is 4.00. The molecule has 0 amide bonds. The molecule has 0 bridgehead atoms. The average Bonchev–Trinajstić information content (AvgIpc) is 3.44. The van der Waals surface area contributed by atoms with Gasteiger partial charge in [0.1, 0.15) is 0 Å². The molecule has 3 aromatic heterocycles. The maximum atomic E-state index is 5.01. The van der Waals surface area contributed by atoms with Crippen LogP contribution in [0.3, 0.4) is 0 Å². The predicted molar refractivity (Wildman–Crippen MR) is 144 cm³/mol.